The van der Waals surface area contributed by atoms with Crippen LogP contribution in [0, 0.1) is 11.3 Å². The molecule has 3 rings (SSSR count). The number of imide groups is 1. The number of nitriles is 1. The molecule has 0 saturated carbocycles. The third kappa shape index (κ3) is 4.64. The van der Waals surface area contributed by atoms with E-state index in [0.717, 1.165) is 16.7 Å². The van der Waals surface area contributed by atoms with Gasteiger partial charge in [-0.05, 0) is 53.2 Å². The fourth-order valence-electron chi connectivity index (χ4n) is 2.42. The molecule has 0 atom stereocenters. The van der Waals surface area contributed by atoms with Gasteiger partial charge in [0.2, 0.25) is 0 Å². The lowest BCUT2D eigenvalue weighted by molar-refractivity contribution is -0.123. The number of rotatable bonds is 5. The minimum Gasteiger partial charge on any atom is -0.479 e. The van der Waals surface area contributed by atoms with Gasteiger partial charge in [0.15, 0.2) is 6.61 Å². The van der Waals surface area contributed by atoms with Crippen molar-refractivity contribution in [3.63, 3.8) is 0 Å². The standard InChI is InChI=1S/C19H12Cl2N2O3S/c20-14-5-4-13(16(21)10-14)11-23-18(24)17(27-19(23)25)9-12-2-1-3-15(8-12)26-7-6-22/h1-5,8-10H,7,11H2/b17-9-. The maximum Gasteiger partial charge on any atom is 0.293 e. The number of carbonyl (C=O) groups excluding carboxylic acids is 2. The number of thioether (sulfide) groups is 1. The van der Waals surface area contributed by atoms with E-state index in [-0.39, 0.29) is 24.3 Å². The number of hydrogen-bond acceptors (Lipinski definition) is 5. The summed E-state index contributed by atoms with van der Waals surface area (Å²) in [6.07, 6.45) is 1.62. The summed E-state index contributed by atoms with van der Waals surface area (Å²) in [6.45, 7) is 0.00511. The minimum atomic E-state index is -0.389. The molecule has 0 N–H and O–H groups in total. The molecule has 136 valence electrons. The first-order valence-corrected chi connectivity index (χ1v) is 9.34. The maximum absolute atomic E-state index is 12.6. The summed E-state index contributed by atoms with van der Waals surface area (Å²) in [5.41, 5.74) is 1.33. The molecule has 1 fully saturated rings. The molecule has 5 nitrogen and oxygen atoms in total. The molecule has 8 heteroatoms. The lowest BCUT2D eigenvalue weighted by atomic mass is 10.2. The molecule has 27 heavy (non-hydrogen) atoms. The van der Waals surface area contributed by atoms with E-state index in [4.69, 9.17) is 33.2 Å². The first-order valence-electron chi connectivity index (χ1n) is 7.77. The fourth-order valence-corrected chi connectivity index (χ4v) is 3.72. The van der Waals surface area contributed by atoms with Gasteiger partial charge >= 0.3 is 0 Å². The number of ether oxygens (including phenoxy) is 1. The van der Waals surface area contributed by atoms with Gasteiger partial charge in [-0.15, -0.1) is 0 Å². The zero-order valence-corrected chi connectivity index (χ0v) is 16.1. The van der Waals surface area contributed by atoms with Crippen LogP contribution in [0.15, 0.2) is 47.4 Å². The molecule has 0 radical (unpaired) electrons. The van der Waals surface area contributed by atoms with Crippen molar-refractivity contribution in [1.82, 2.24) is 4.90 Å². The summed E-state index contributed by atoms with van der Waals surface area (Å²) < 4.78 is 5.25. The van der Waals surface area contributed by atoms with Crippen LogP contribution in [-0.2, 0) is 11.3 Å². The van der Waals surface area contributed by atoms with Crippen molar-refractivity contribution >= 4 is 52.2 Å². The summed E-state index contributed by atoms with van der Waals surface area (Å²) in [7, 11) is 0. The average Bonchev–Trinajstić information content (AvgIpc) is 2.90. The van der Waals surface area contributed by atoms with Crippen LogP contribution in [0.4, 0.5) is 4.79 Å². The second-order valence-electron chi connectivity index (χ2n) is 5.52. The highest BCUT2D eigenvalue weighted by molar-refractivity contribution is 8.18. The quantitative estimate of drug-likeness (QED) is 0.629. The van der Waals surface area contributed by atoms with Crippen molar-refractivity contribution in [3.05, 3.63) is 68.5 Å². The van der Waals surface area contributed by atoms with Gasteiger partial charge in [0.1, 0.15) is 11.8 Å². The van der Waals surface area contributed by atoms with Gasteiger partial charge in [-0.2, -0.15) is 5.26 Å². The summed E-state index contributed by atoms with van der Waals surface area (Å²) in [5, 5.41) is 9.09. The van der Waals surface area contributed by atoms with Crippen molar-refractivity contribution in [2.24, 2.45) is 0 Å². The highest BCUT2D eigenvalue weighted by atomic mass is 35.5. The Morgan fingerprint density at radius 1 is 1.19 bits per heavy atom. The maximum atomic E-state index is 12.6. The van der Waals surface area contributed by atoms with Crippen LogP contribution in [0.2, 0.25) is 10.0 Å². The van der Waals surface area contributed by atoms with Crippen molar-refractivity contribution in [3.8, 4) is 11.8 Å². The van der Waals surface area contributed by atoms with Crippen molar-refractivity contribution < 1.29 is 14.3 Å². The van der Waals surface area contributed by atoms with E-state index >= 15 is 0 Å². The van der Waals surface area contributed by atoms with Crippen LogP contribution in [0.25, 0.3) is 6.08 Å². The molecule has 0 spiro atoms. The smallest absolute Gasteiger partial charge is 0.293 e. The molecule has 2 amide bonds. The summed E-state index contributed by atoms with van der Waals surface area (Å²) in [6, 6.07) is 13.7. The zero-order chi connectivity index (χ0) is 19.4. The number of carbonyl (C=O) groups is 2. The Morgan fingerprint density at radius 3 is 2.74 bits per heavy atom. The predicted molar refractivity (Wildman–Crippen MR) is 106 cm³/mol. The number of nitrogens with zero attached hydrogens (tertiary/aromatic N) is 2. The lowest BCUT2D eigenvalue weighted by Gasteiger charge is -2.13. The fraction of sp³-hybridized carbons (Fsp3) is 0.105. The van der Waals surface area contributed by atoms with Gasteiger partial charge in [0, 0.05) is 10.0 Å². The van der Waals surface area contributed by atoms with E-state index in [1.54, 1.807) is 48.5 Å². The molecule has 1 aliphatic heterocycles. The van der Waals surface area contributed by atoms with E-state index in [1.165, 1.54) is 0 Å². The average molecular weight is 419 g/mol. The van der Waals surface area contributed by atoms with Gasteiger partial charge < -0.3 is 4.74 Å². The van der Waals surface area contributed by atoms with Crippen LogP contribution in [0.3, 0.4) is 0 Å². The molecule has 2 aromatic rings. The third-order valence-electron chi connectivity index (χ3n) is 3.68. The Labute approximate surface area is 170 Å². The molecule has 0 unspecified atom stereocenters. The molecule has 0 bridgehead atoms. The van der Waals surface area contributed by atoms with Crippen LogP contribution in [-0.4, -0.2) is 22.7 Å². The van der Waals surface area contributed by atoms with Crippen LogP contribution in [0.5, 0.6) is 5.75 Å². The Hall–Kier alpha value is -2.46. The molecule has 1 saturated heterocycles. The summed E-state index contributed by atoms with van der Waals surface area (Å²) in [4.78, 5) is 26.4. The van der Waals surface area contributed by atoms with E-state index in [2.05, 4.69) is 0 Å². The van der Waals surface area contributed by atoms with E-state index in [9.17, 15) is 9.59 Å². The topological polar surface area (TPSA) is 70.4 Å². The minimum absolute atomic E-state index is 0.0676. The first-order chi connectivity index (χ1) is 13.0. The number of benzene rings is 2. The molecule has 0 aliphatic carbocycles. The SMILES string of the molecule is N#CCOc1cccc(/C=C2\SC(=O)N(Cc3ccc(Cl)cc3Cl)C2=O)c1. The number of halogens is 2. The Kier molecular flexibility index (Phi) is 6.07. The third-order valence-corrected chi connectivity index (χ3v) is 5.17. The number of amides is 2. The van der Waals surface area contributed by atoms with Crippen LogP contribution >= 0.6 is 35.0 Å². The molecular weight excluding hydrogens is 407 g/mol. The van der Waals surface area contributed by atoms with Gasteiger partial charge in [-0.3, -0.25) is 14.5 Å². The van der Waals surface area contributed by atoms with Crippen LogP contribution < -0.4 is 4.74 Å². The Balaban J connectivity index is 1.79. The van der Waals surface area contributed by atoms with Crippen molar-refractivity contribution in [1.29, 1.82) is 5.26 Å². The van der Waals surface area contributed by atoms with Crippen molar-refractivity contribution in [2.75, 3.05) is 6.61 Å². The molecule has 1 aliphatic rings. The highest BCUT2D eigenvalue weighted by Gasteiger charge is 2.35. The van der Waals surface area contributed by atoms with Crippen LogP contribution in [0.1, 0.15) is 11.1 Å². The van der Waals surface area contributed by atoms with Gasteiger partial charge in [-0.25, -0.2) is 0 Å². The Morgan fingerprint density at radius 2 is 2.00 bits per heavy atom. The number of hydrogen-bond donors (Lipinski definition) is 0. The summed E-state index contributed by atoms with van der Waals surface area (Å²) in [5.74, 6) is 0.122. The highest BCUT2D eigenvalue weighted by Crippen LogP contribution is 2.34. The molecule has 2 aromatic carbocycles. The van der Waals surface area contributed by atoms with Gasteiger partial charge in [0.05, 0.1) is 11.4 Å². The molecule has 1 heterocycles. The van der Waals surface area contributed by atoms with Crippen molar-refractivity contribution in [2.45, 2.75) is 6.54 Å². The Bertz CT molecular complexity index is 985. The van der Waals surface area contributed by atoms with E-state index < -0.39 is 0 Å². The first kappa shape index (κ1) is 19.3. The van der Waals surface area contributed by atoms with Gasteiger partial charge in [-0.1, -0.05) is 41.4 Å². The largest absolute Gasteiger partial charge is 0.479 e. The normalized spacial score (nSPS) is 15.3. The second kappa shape index (κ2) is 8.49. The predicted octanol–water partition coefficient (Wildman–Crippen LogP) is 5.13. The van der Waals surface area contributed by atoms with E-state index in [1.807, 2.05) is 6.07 Å². The lowest BCUT2D eigenvalue weighted by Crippen LogP contribution is -2.27. The monoisotopic (exact) mass is 418 g/mol. The zero-order valence-electron chi connectivity index (χ0n) is 13.8. The van der Waals surface area contributed by atoms with E-state index in [0.29, 0.717) is 31.8 Å². The molecule has 0 aromatic heterocycles. The van der Waals surface area contributed by atoms with Gasteiger partial charge in [0.25, 0.3) is 11.1 Å². The molecular formula is C19H12Cl2N2O3S. The second-order valence-corrected chi connectivity index (χ2v) is 7.36. The summed E-state index contributed by atoms with van der Waals surface area (Å²) >= 11 is 12.9.